The molecule has 4 atom stereocenters. The van der Waals surface area contributed by atoms with Crippen LogP contribution in [0.4, 0.5) is 5.82 Å². The Labute approximate surface area is 240 Å². The molecule has 0 spiro atoms. The Morgan fingerprint density at radius 1 is 0.976 bits per heavy atom. The molecule has 0 radical (unpaired) electrons. The predicted molar refractivity (Wildman–Crippen MR) is 146 cm³/mol. The highest BCUT2D eigenvalue weighted by molar-refractivity contribution is 7.90. The minimum Gasteiger partial charge on any atom is -0.497 e. The van der Waals surface area contributed by atoms with Gasteiger partial charge >= 0.3 is 0 Å². The lowest BCUT2D eigenvalue weighted by atomic mass is 10.1. The quantitative estimate of drug-likeness (QED) is 0.320. The first-order valence-electron chi connectivity index (χ1n) is 12.8. The van der Waals surface area contributed by atoms with E-state index in [0.29, 0.717) is 11.3 Å². The van der Waals surface area contributed by atoms with Crippen LogP contribution in [0.5, 0.6) is 5.75 Å². The molecule has 0 aliphatic carbocycles. The number of amides is 2. The molecule has 2 saturated heterocycles. The number of methoxy groups -OCH3 is 1. The third-order valence-corrected chi connectivity index (χ3v) is 8.16. The van der Waals surface area contributed by atoms with Crippen LogP contribution < -0.4 is 14.8 Å². The minimum atomic E-state index is -4.24. The molecule has 2 aliphatic rings. The van der Waals surface area contributed by atoms with E-state index in [0.717, 1.165) is 0 Å². The highest BCUT2D eigenvalue weighted by atomic mass is 32.2. The van der Waals surface area contributed by atoms with Gasteiger partial charge < -0.3 is 24.3 Å². The Bertz CT molecular complexity index is 1760. The number of ether oxygens (including phenoxy) is 4. The number of nitrogens with zero attached hydrogens (tertiary/aromatic N) is 4. The fraction of sp³-hybridized carbons (Fsp3) is 0.296. The molecule has 2 fully saturated rings. The lowest BCUT2D eigenvalue weighted by Gasteiger charge is -2.24. The van der Waals surface area contributed by atoms with E-state index in [1.54, 1.807) is 44.2 Å². The SMILES string of the molecule is COc1ccc(S(=O)(=O)NC(=O)[C@H]2O[C@@H](n3cnc4c(NC(=O)c5ccccc5)ncnc43)[C@@H]3OC(C)(C)O[C@@H]32)cc1. The van der Waals surface area contributed by atoms with Gasteiger partial charge in [-0.05, 0) is 50.2 Å². The molecular formula is C27H26N6O8S. The number of benzene rings is 2. The molecule has 15 heteroatoms. The fourth-order valence-corrected chi connectivity index (χ4v) is 5.91. The van der Waals surface area contributed by atoms with Crippen molar-refractivity contribution in [2.45, 2.75) is 49.1 Å². The maximum Gasteiger partial charge on any atom is 0.265 e. The van der Waals surface area contributed by atoms with Gasteiger partial charge in [0.05, 0.1) is 18.3 Å². The maximum absolute atomic E-state index is 13.3. The zero-order valence-corrected chi connectivity index (χ0v) is 23.4. The van der Waals surface area contributed by atoms with E-state index < -0.39 is 46.3 Å². The van der Waals surface area contributed by atoms with Crippen LogP contribution in [-0.4, -0.2) is 71.0 Å². The van der Waals surface area contributed by atoms with Crippen LogP contribution in [-0.2, 0) is 29.0 Å². The number of hydrogen-bond donors (Lipinski definition) is 2. The van der Waals surface area contributed by atoms with E-state index in [1.807, 2.05) is 0 Å². The molecule has 42 heavy (non-hydrogen) atoms. The van der Waals surface area contributed by atoms with Gasteiger partial charge in [-0.3, -0.25) is 14.2 Å². The number of carbonyl (C=O) groups is 2. The van der Waals surface area contributed by atoms with Crippen LogP contribution in [0, 0.1) is 0 Å². The van der Waals surface area contributed by atoms with Gasteiger partial charge in [0.1, 0.15) is 24.3 Å². The van der Waals surface area contributed by atoms with E-state index >= 15 is 0 Å². The molecule has 2 aliphatic heterocycles. The highest BCUT2D eigenvalue weighted by Crippen LogP contribution is 2.44. The van der Waals surface area contributed by atoms with Crippen LogP contribution in [0.15, 0.2) is 72.1 Å². The summed E-state index contributed by atoms with van der Waals surface area (Å²) in [5.41, 5.74) is 0.996. The van der Waals surface area contributed by atoms with E-state index in [-0.39, 0.29) is 27.8 Å². The Kier molecular flexibility index (Phi) is 6.89. The van der Waals surface area contributed by atoms with Crippen LogP contribution in [0.1, 0.15) is 30.4 Å². The number of aromatic nitrogens is 4. The summed E-state index contributed by atoms with van der Waals surface area (Å²) in [5, 5.41) is 2.74. The Balaban J connectivity index is 1.28. The second-order valence-corrected chi connectivity index (χ2v) is 11.7. The summed E-state index contributed by atoms with van der Waals surface area (Å²) in [6, 6.07) is 14.2. The van der Waals surface area contributed by atoms with Crippen LogP contribution in [0.25, 0.3) is 11.2 Å². The van der Waals surface area contributed by atoms with E-state index in [9.17, 15) is 18.0 Å². The molecule has 6 rings (SSSR count). The van der Waals surface area contributed by atoms with E-state index in [2.05, 4.69) is 25.0 Å². The number of sulfonamides is 1. The molecule has 14 nitrogen and oxygen atoms in total. The first kappa shape index (κ1) is 27.7. The van der Waals surface area contributed by atoms with Crippen molar-refractivity contribution in [3.8, 4) is 5.75 Å². The highest BCUT2D eigenvalue weighted by Gasteiger charge is 2.58. The largest absolute Gasteiger partial charge is 0.497 e. The summed E-state index contributed by atoms with van der Waals surface area (Å²) in [6.45, 7) is 3.35. The summed E-state index contributed by atoms with van der Waals surface area (Å²) in [6.07, 6.45) is -1.43. The molecule has 2 aromatic heterocycles. The Hall–Kier alpha value is -4.44. The molecule has 2 aromatic carbocycles. The number of hydrogen-bond acceptors (Lipinski definition) is 11. The second kappa shape index (κ2) is 10.4. The zero-order valence-electron chi connectivity index (χ0n) is 22.6. The number of fused-ring (bicyclic) bond motifs is 2. The number of carbonyl (C=O) groups excluding carboxylic acids is 2. The van der Waals surface area contributed by atoms with Gasteiger partial charge in [0.25, 0.3) is 21.8 Å². The number of anilines is 1. The molecular weight excluding hydrogens is 568 g/mol. The van der Waals surface area contributed by atoms with Crippen molar-refractivity contribution < 1.29 is 37.0 Å². The summed E-state index contributed by atoms with van der Waals surface area (Å²) >= 11 is 0. The van der Waals surface area contributed by atoms with Gasteiger partial charge in [0, 0.05) is 5.56 Å². The van der Waals surface area contributed by atoms with Crippen molar-refractivity contribution in [3.05, 3.63) is 72.8 Å². The average molecular weight is 595 g/mol. The molecule has 0 unspecified atom stereocenters. The van der Waals surface area contributed by atoms with E-state index in [1.165, 1.54) is 48.6 Å². The standard InChI is InChI=1S/C27H26N6O8S/c1-27(2)40-19-20(25(35)32-42(36,37)17-11-9-16(38-3)10-12-17)39-26(21(19)41-27)33-14-30-18-22(28-13-29-23(18)33)31-24(34)15-7-5-4-6-8-15/h4-14,19-21,26H,1-3H3,(H,32,35)(H,28,29,31,34)/t19-,20+,21-,26-/m1/s1. The number of nitrogens with one attached hydrogen (secondary N) is 2. The predicted octanol–water partition coefficient (Wildman–Crippen LogP) is 2.01. The smallest absolute Gasteiger partial charge is 0.265 e. The molecule has 4 heterocycles. The van der Waals surface area contributed by atoms with Gasteiger partial charge in [-0.1, -0.05) is 18.2 Å². The zero-order chi connectivity index (χ0) is 29.6. The Morgan fingerprint density at radius 3 is 2.40 bits per heavy atom. The molecule has 4 aromatic rings. The number of rotatable bonds is 7. The second-order valence-electron chi connectivity index (χ2n) is 10.0. The van der Waals surface area contributed by atoms with Crippen molar-refractivity contribution >= 4 is 38.8 Å². The Morgan fingerprint density at radius 2 is 1.69 bits per heavy atom. The summed E-state index contributed by atoms with van der Waals surface area (Å²) in [7, 11) is -2.78. The van der Waals surface area contributed by atoms with Crippen molar-refractivity contribution in [1.82, 2.24) is 24.2 Å². The maximum atomic E-state index is 13.3. The first-order chi connectivity index (χ1) is 20.1. The van der Waals surface area contributed by atoms with Crippen LogP contribution in [0.3, 0.4) is 0 Å². The van der Waals surface area contributed by atoms with Crippen LogP contribution in [0.2, 0.25) is 0 Å². The molecule has 2 N–H and O–H groups in total. The molecule has 2 amide bonds. The normalized spacial score (nSPS) is 22.9. The third-order valence-electron chi connectivity index (χ3n) is 6.79. The average Bonchev–Trinajstić information content (AvgIpc) is 3.64. The monoisotopic (exact) mass is 594 g/mol. The van der Waals surface area contributed by atoms with Gasteiger partial charge in [-0.15, -0.1) is 0 Å². The van der Waals surface area contributed by atoms with E-state index in [4.69, 9.17) is 18.9 Å². The van der Waals surface area contributed by atoms with Gasteiger partial charge in [0.15, 0.2) is 35.1 Å². The van der Waals surface area contributed by atoms with Gasteiger partial charge in [0.2, 0.25) is 0 Å². The fourth-order valence-electron chi connectivity index (χ4n) is 4.91. The molecule has 218 valence electrons. The number of imidazole rings is 1. The van der Waals surface area contributed by atoms with Crippen molar-refractivity contribution in [2.75, 3.05) is 12.4 Å². The first-order valence-corrected chi connectivity index (χ1v) is 14.3. The minimum absolute atomic E-state index is 0.131. The van der Waals surface area contributed by atoms with Crippen molar-refractivity contribution in [2.24, 2.45) is 0 Å². The van der Waals surface area contributed by atoms with Gasteiger partial charge in [-0.25, -0.2) is 28.1 Å². The third kappa shape index (κ3) is 5.07. The lowest BCUT2D eigenvalue weighted by Crippen LogP contribution is -2.45. The topological polar surface area (TPSA) is 173 Å². The molecule has 0 saturated carbocycles. The summed E-state index contributed by atoms with van der Waals surface area (Å²) < 4.78 is 52.7. The van der Waals surface area contributed by atoms with Crippen LogP contribution >= 0.6 is 0 Å². The molecule has 0 bridgehead atoms. The van der Waals surface area contributed by atoms with Crippen molar-refractivity contribution in [1.29, 1.82) is 0 Å². The lowest BCUT2D eigenvalue weighted by molar-refractivity contribution is -0.197. The van der Waals surface area contributed by atoms with Crippen molar-refractivity contribution in [3.63, 3.8) is 0 Å². The van der Waals surface area contributed by atoms with Gasteiger partial charge in [-0.2, -0.15) is 0 Å². The summed E-state index contributed by atoms with van der Waals surface area (Å²) in [4.78, 5) is 38.8. The summed E-state index contributed by atoms with van der Waals surface area (Å²) in [5.74, 6) is -1.77.